The number of aromatic carboxylic acids is 2. The first-order valence-corrected chi connectivity index (χ1v) is 12.4. The molecule has 0 fully saturated rings. The molecule has 46 heavy (non-hydrogen) atoms. The van der Waals surface area contributed by atoms with Crippen molar-refractivity contribution < 1.29 is 50.9 Å². The van der Waals surface area contributed by atoms with E-state index in [1.807, 2.05) is 0 Å². The Morgan fingerprint density at radius 2 is 1.50 bits per heavy atom. The van der Waals surface area contributed by atoms with Gasteiger partial charge in [0, 0.05) is 24.5 Å². The van der Waals surface area contributed by atoms with Crippen LogP contribution in [0.1, 0.15) is 47.9 Å². The lowest BCUT2D eigenvalue weighted by molar-refractivity contribution is -0.138. The number of carboxylic acid groups (broad SMARTS) is 2. The highest BCUT2D eigenvalue weighted by Gasteiger charge is 2.36. The van der Waals surface area contributed by atoms with E-state index in [-0.39, 0.29) is 39.7 Å². The summed E-state index contributed by atoms with van der Waals surface area (Å²) in [7, 11) is 1.31. The zero-order chi connectivity index (χ0) is 34.0. The number of rotatable bonds is 9. The summed E-state index contributed by atoms with van der Waals surface area (Å²) >= 11 is 0. The number of carboxylic acids is 2. The number of carbonyl (C=O) groups is 3. The van der Waals surface area contributed by atoms with Crippen LogP contribution in [0.5, 0.6) is 0 Å². The summed E-state index contributed by atoms with van der Waals surface area (Å²) in [5.41, 5.74) is 1.60. The maximum atomic E-state index is 13.5. The van der Waals surface area contributed by atoms with E-state index < -0.39 is 52.5 Å². The maximum Gasteiger partial charge on any atom is 0.417 e. The number of aromatic nitrogens is 4. The molecule has 0 aliphatic carbocycles. The fourth-order valence-electron chi connectivity index (χ4n) is 4.04. The quantitative estimate of drug-likeness (QED) is 0.114. The number of amides is 1. The Balaban J connectivity index is 1.75. The Hall–Kier alpha value is -6.14. The molecule has 238 valence electrons. The predicted molar refractivity (Wildman–Crippen MR) is 145 cm³/mol. The van der Waals surface area contributed by atoms with Gasteiger partial charge in [0.05, 0.1) is 45.5 Å². The van der Waals surface area contributed by atoms with Crippen molar-refractivity contribution in [3.63, 3.8) is 0 Å². The van der Waals surface area contributed by atoms with Crippen LogP contribution in [0.15, 0.2) is 66.0 Å². The number of alkyl halides is 6. The average Bonchev–Trinajstić information content (AvgIpc) is 3.50. The minimum absolute atomic E-state index is 0.0538. The number of anilines is 1. The Kier molecular flexibility index (Phi) is 8.88. The topological polar surface area (TPSA) is 196 Å². The smallest absolute Gasteiger partial charge is 0.417 e. The molecule has 1 amide bonds. The van der Waals surface area contributed by atoms with Crippen LogP contribution in [0.2, 0.25) is 0 Å². The van der Waals surface area contributed by atoms with Crippen LogP contribution in [0.25, 0.3) is 22.8 Å². The lowest BCUT2D eigenvalue weighted by Crippen LogP contribution is -2.18. The molecule has 0 aliphatic rings. The van der Waals surface area contributed by atoms with Crippen LogP contribution in [0.3, 0.4) is 0 Å². The summed E-state index contributed by atoms with van der Waals surface area (Å²) in [5.74, 6) is -4.24. The Morgan fingerprint density at radius 1 is 0.891 bits per heavy atom. The highest BCUT2D eigenvalue weighted by molar-refractivity contribution is 5.96. The second-order valence-electron chi connectivity index (χ2n) is 9.14. The van der Waals surface area contributed by atoms with Crippen LogP contribution in [-0.4, -0.2) is 55.1 Å². The van der Waals surface area contributed by atoms with Gasteiger partial charge in [0.15, 0.2) is 0 Å². The molecule has 0 bridgehead atoms. The molecule has 0 radical (unpaired) electrons. The third-order valence-corrected chi connectivity index (χ3v) is 6.19. The number of carbonyl (C=O) groups excluding carboxylic acids is 1. The van der Waals surface area contributed by atoms with Crippen LogP contribution >= 0.6 is 0 Å². The molecule has 0 unspecified atom stereocenters. The summed E-state index contributed by atoms with van der Waals surface area (Å²) < 4.78 is 81.7. The largest absolute Gasteiger partial charge is 0.478 e. The second kappa shape index (κ2) is 12.5. The molecular weight excluding hydrogens is 630 g/mol. The second-order valence-corrected chi connectivity index (χ2v) is 9.14. The molecule has 2 aromatic heterocycles. The van der Waals surface area contributed by atoms with E-state index in [1.165, 1.54) is 19.2 Å². The normalized spacial score (nSPS) is 12.0. The highest BCUT2D eigenvalue weighted by atomic mass is 19.4. The fraction of sp³-hybridized carbons (Fsp3) is 0.111. The van der Waals surface area contributed by atoms with Gasteiger partial charge in [-0.25, -0.2) is 24.8 Å². The number of hydrogen-bond donors (Lipinski definition) is 5. The lowest BCUT2D eigenvalue weighted by Gasteiger charge is -2.12. The Bertz CT molecular complexity index is 1900. The monoisotopic (exact) mass is 648 g/mol. The minimum atomic E-state index is -5.01. The van der Waals surface area contributed by atoms with E-state index in [4.69, 9.17) is 15.7 Å². The molecule has 4 rings (SSSR count). The number of benzene rings is 2. The van der Waals surface area contributed by atoms with Gasteiger partial charge in [-0.2, -0.15) is 31.5 Å². The number of halogens is 6. The van der Waals surface area contributed by atoms with Gasteiger partial charge in [-0.3, -0.25) is 4.79 Å². The van der Waals surface area contributed by atoms with E-state index >= 15 is 0 Å². The lowest BCUT2D eigenvalue weighted by atomic mass is 10.1. The van der Waals surface area contributed by atoms with Crippen LogP contribution in [0.4, 0.5) is 32.0 Å². The van der Waals surface area contributed by atoms with Gasteiger partial charge in [-0.05, 0) is 48.5 Å². The third-order valence-electron chi connectivity index (χ3n) is 6.19. The van der Waals surface area contributed by atoms with Gasteiger partial charge in [0.2, 0.25) is 0 Å². The molecule has 0 saturated heterocycles. The molecule has 5 N–H and O–H groups in total. The summed E-state index contributed by atoms with van der Waals surface area (Å²) in [5, 5.41) is 34.0. The third kappa shape index (κ3) is 6.98. The molecule has 2 heterocycles. The summed E-state index contributed by atoms with van der Waals surface area (Å²) in [4.78, 5) is 39.3. The van der Waals surface area contributed by atoms with Gasteiger partial charge in [-0.1, -0.05) is 5.21 Å². The summed E-state index contributed by atoms with van der Waals surface area (Å²) in [6, 6.07) is 7.10. The maximum absolute atomic E-state index is 13.5. The predicted octanol–water partition coefficient (Wildman–Crippen LogP) is 5.56. The van der Waals surface area contributed by atoms with Crippen molar-refractivity contribution in [2.75, 3.05) is 12.4 Å². The molecule has 13 nitrogen and oxygen atoms in total. The molecule has 0 saturated carbocycles. The van der Waals surface area contributed by atoms with Gasteiger partial charge in [-0.15, -0.1) is 5.10 Å². The Morgan fingerprint density at radius 3 is 2.07 bits per heavy atom. The van der Waals surface area contributed by atoms with Crippen molar-refractivity contribution in [3.05, 3.63) is 94.4 Å². The minimum Gasteiger partial charge on any atom is -0.478 e. The number of nitrogens with zero attached hydrogens (tertiary/aromatic N) is 5. The fourth-order valence-corrected chi connectivity index (χ4v) is 4.04. The van der Waals surface area contributed by atoms with Crippen LogP contribution < -0.4 is 10.6 Å². The molecular formula is C27H18F6N8O5. The SMILES string of the molecule is CNC(=O)c1cc(/C(=C/Nc2ccc(C(=O)O)c(C(F)(F)F)c2)N=N)nc(-c2cn(-c3ccc(C(=O)O)c(C(F)(F)F)c3)nn2)c1. The number of pyridine rings is 1. The van der Waals surface area contributed by atoms with Crippen molar-refractivity contribution in [2.24, 2.45) is 5.11 Å². The molecule has 19 heteroatoms. The number of nitrogens with one attached hydrogen (secondary N) is 3. The molecule has 2 aromatic carbocycles. The molecule has 0 atom stereocenters. The van der Waals surface area contributed by atoms with Crippen molar-refractivity contribution >= 4 is 29.2 Å². The van der Waals surface area contributed by atoms with E-state index in [1.54, 1.807) is 0 Å². The van der Waals surface area contributed by atoms with E-state index in [2.05, 4.69) is 31.0 Å². The zero-order valence-electron chi connectivity index (χ0n) is 22.9. The van der Waals surface area contributed by atoms with Crippen molar-refractivity contribution in [1.29, 1.82) is 5.53 Å². The van der Waals surface area contributed by atoms with E-state index in [0.717, 1.165) is 41.3 Å². The van der Waals surface area contributed by atoms with Crippen LogP contribution in [0, 0.1) is 5.53 Å². The summed E-state index contributed by atoms with van der Waals surface area (Å²) in [6.45, 7) is 0. The van der Waals surface area contributed by atoms with Crippen molar-refractivity contribution in [1.82, 2.24) is 25.3 Å². The highest BCUT2D eigenvalue weighted by Crippen LogP contribution is 2.35. The Labute approximate surface area is 252 Å². The van der Waals surface area contributed by atoms with E-state index in [0.29, 0.717) is 12.1 Å². The van der Waals surface area contributed by atoms with Gasteiger partial charge in [0.25, 0.3) is 5.91 Å². The molecule has 4 aromatic rings. The van der Waals surface area contributed by atoms with Gasteiger partial charge >= 0.3 is 24.3 Å². The zero-order valence-corrected chi connectivity index (χ0v) is 22.9. The van der Waals surface area contributed by atoms with Crippen LogP contribution in [-0.2, 0) is 12.4 Å². The van der Waals surface area contributed by atoms with Crippen molar-refractivity contribution in [2.45, 2.75) is 12.4 Å². The average molecular weight is 648 g/mol. The first-order chi connectivity index (χ1) is 21.5. The molecule has 0 spiro atoms. The first-order valence-electron chi connectivity index (χ1n) is 12.4. The standard InChI is InChI=1S/C27H18F6N8O5/c1-35-23(42)12-6-19(21(38-34)10-36-13-2-4-15(24(43)44)17(8-13)26(28,29)30)37-20(7-12)22-11-41(40-39-22)14-3-5-16(25(45)46)18(9-14)27(31,32)33/h2-11,34,36H,1H3,(H,35,42)(H,43,44)(H,45,46)/b21-10-,38-34?. The first kappa shape index (κ1) is 32.8. The van der Waals surface area contributed by atoms with Gasteiger partial charge in [0.1, 0.15) is 11.4 Å². The van der Waals surface area contributed by atoms with Crippen molar-refractivity contribution in [3.8, 4) is 17.1 Å². The van der Waals surface area contributed by atoms with E-state index in [9.17, 15) is 40.7 Å². The van der Waals surface area contributed by atoms with Gasteiger partial charge < -0.3 is 20.8 Å². The summed E-state index contributed by atoms with van der Waals surface area (Å²) in [6.07, 6.45) is -7.89. The molecule has 0 aliphatic heterocycles. The number of hydrogen-bond acceptors (Lipinski definition) is 9.